The fraction of sp³-hybridized carbons (Fsp3) is 0.500. The van der Waals surface area contributed by atoms with E-state index in [-0.39, 0.29) is 6.04 Å². The quantitative estimate of drug-likeness (QED) is 0.707. The molecule has 2 atom stereocenters. The molecule has 0 saturated carbocycles. The van der Waals surface area contributed by atoms with Crippen LogP contribution in [0, 0.1) is 6.92 Å². The Bertz CT molecular complexity index is 232. The first-order valence-electron chi connectivity index (χ1n) is 3.60. The molecular weight excluding hydrogens is 158 g/mol. The minimum absolute atomic E-state index is 0.228. The molecule has 0 fully saturated rings. The fourth-order valence-corrected chi connectivity index (χ4v) is 1.86. The van der Waals surface area contributed by atoms with Crippen molar-refractivity contribution in [2.75, 3.05) is 0 Å². The zero-order chi connectivity index (χ0) is 8.43. The Morgan fingerprint density at radius 1 is 1.64 bits per heavy atom. The first kappa shape index (κ1) is 8.71. The van der Waals surface area contributed by atoms with Crippen LogP contribution in [0.1, 0.15) is 23.4 Å². The molecule has 0 unspecified atom stereocenters. The molecule has 1 aromatic rings. The van der Waals surface area contributed by atoms with E-state index < -0.39 is 6.10 Å². The lowest BCUT2D eigenvalue weighted by atomic mass is 10.1. The van der Waals surface area contributed by atoms with Crippen LogP contribution in [0.2, 0.25) is 0 Å². The molecule has 0 aliphatic rings. The van der Waals surface area contributed by atoms with E-state index in [0.29, 0.717) is 0 Å². The Hall–Kier alpha value is -0.380. The number of rotatable bonds is 2. The first-order chi connectivity index (χ1) is 5.11. The molecule has 1 aromatic heterocycles. The molecule has 0 radical (unpaired) electrons. The normalized spacial score (nSPS) is 16.4. The van der Waals surface area contributed by atoms with Crippen LogP contribution in [-0.4, -0.2) is 11.2 Å². The van der Waals surface area contributed by atoms with Gasteiger partial charge < -0.3 is 10.8 Å². The smallest absolute Gasteiger partial charge is 0.0712 e. The van der Waals surface area contributed by atoms with Crippen molar-refractivity contribution in [1.29, 1.82) is 0 Å². The first-order valence-corrected chi connectivity index (χ1v) is 4.48. The fourth-order valence-electron chi connectivity index (χ4n) is 0.866. The van der Waals surface area contributed by atoms with E-state index in [2.05, 4.69) is 0 Å². The van der Waals surface area contributed by atoms with E-state index in [1.165, 1.54) is 5.56 Å². The molecule has 3 heteroatoms. The van der Waals surface area contributed by atoms with Gasteiger partial charge in [0.15, 0.2) is 0 Å². The van der Waals surface area contributed by atoms with E-state index >= 15 is 0 Å². The molecule has 1 rings (SSSR count). The lowest BCUT2D eigenvalue weighted by molar-refractivity contribution is 0.165. The van der Waals surface area contributed by atoms with Crippen molar-refractivity contribution in [3.8, 4) is 0 Å². The number of hydrogen-bond acceptors (Lipinski definition) is 3. The third-order valence-corrected chi connectivity index (χ3v) is 2.75. The molecule has 62 valence electrons. The second kappa shape index (κ2) is 3.34. The van der Waals surface area contributed by atoms with Gasteiger partial charge in [-0.1, -0.05) is 0 Å². The van der Waals surface area contributed by atoms with Gasteiger partial charge in [-0.25, -0.2) is 0 Å². The summed E-state index contributed by atoms with van der Waals surface area (Å²) in [6, 6.07) is 1.79. The zero-order valence-corrected chi connectivity index (χ0v) is 7.56. The number of nitrogens with two attached hydrogens (primary N) is 1. The minimum atomic E-state index is -0.465. The van der Waals surface area contributed by atoms with Crippen LogP contribution in [0.3, 0.4) is 0 Å². The third kappa shape index (κ3) is 2.02. The summed E-state index contributed by atoms with van der Waals surface area (Å²) in [7, 11) is 0. The maximum Gasteiger partial charge on any atom is 0.0712 e. The van der Waals surface area contributed by atoms with Gasteiger partial charge in [0, 0.05) is 4.88 Å². The van der Waals surface area contributed by atoms with Crippen molar-refractivity contribution in [3.63, 3.8) is 0 Å². The SMILES string of the molecule is Cc1csc([C@@H](N)[C@@H](C)O)c1. The molecule has 0 aliphatic heterocycles. The van der Waals surface area contributed by atoms with Crippen molar-refractivity contribution in [2.24, 2.45) is 5.73 Å². The van der Waals surface area contributed by atoms with Gasteiger partial charge in [-0.05, 0) is 30.9 Å². The van der Waals surface area contributed by atoms with E-state index in [1.807, 2.05) is 18.4 Å². The highest BCUT2D eigenvalue weighted by Gasteiger charge is 2.12. The van der Waals surface area contributed by atoms with Crippen molar-refractivity contribution >= 4 is 11.3 Å². The average Bonchev–Trinajstić information content (AvgIpc) is 2.34. The summed E-state index contributed by atoms with van der Waals surface area (Å²) in [5.41, 5.74) is 6.92. The van der Waals surface area contributed by atoms with Gasteiger partial charge in [0.25, 0.3) is 0 Å². The largest absolute Gasteiger partial charge is 0.391 e. The maximum atomic E-state index is 9.17. The number of hydrogen-bond donors (Lipinski definition) is 2. The molecule has 0 bridgehead atoms. The monoisotopic (exact) mass is 171 g/mol. The van der Waals surface area contributed by atoms with Gasteiger partial charge in [-0.15, -0.1) is 11.3 Å². The molecule has 0 spiro atoms. The molecule has 0 aromatic carbocycles. The Labute approximate surface area is 70.7 Å². The Morgan fingerprint density at radius 2 is 2.27 bits per heavy atom. The molecule has 0 saturated heterocycles. The van der Waals surface area contributed by atoms with E-state index in [9.17, 15) is 0 Å². The van der Waals surface area contributed by atoms with Gasteiger partial charge in [0.2, 0.25) is 0 Å². The van der Waals surface area contributed by atoms with Crippen LogP contribution in [0.15, 0.2) is 11.4 Å². The van der Waals surface area contributed by atoms with E-state index in [1.54, 1.807) is 18.3 Å². The summed E-state index contributed by atoms with van der Waals surface area (Å²) >= 11 is 1.60. The van der Waals surface area contributed by atoms with Crippen molar-refractivity contribution in [1.82, 2.24) is 0 Å². The zero-order valence-electron chi connectivity index (χ0n) is 6.74. The van der Waals surface area contributed by atoms with Crippen LogP contribution < -0.4 is 5.73 Å². The van der Waals surface area contributed by atoms with Gasteiger partial charge in [-0.2, -0.15) is 0 Å². The summed E-state index contributed by atoms with van der Waals surface area (Å²) in [6.45, 7) is 3.73. The predicted octanol–water partition coefficient (Wildman–Crippen LogP) is 1.44. The molecule has 0 aliphatic carbocycles. The third-order valence-electron chi connectivity index (χ3n) is 1.60. The summed E-state index contributed by atoms with van der Waals surface area (Å²) < 4.78 is 0. The highest BCUT2D eigenvalue weighted by molar-refractivity contribution is 7.10. The van der Waals surface area contributed by atoms with Crippen LogP contribution in [-0.2, 0) is 0 Å². The molecule has 2 nitrogen and oxygen atoms in total. The highest BCUT2D eigenvalue weighted by atomic mass is 32.1. The summed E-state index contributed by atoms with van der Waals surface area (Å²) in [5.74, 6) is 0. The minimum Gasteiger partial charge on any atom is -0.391 e. The Kier molecular flexibility index (Phi) is 2.65. The standard InChI is InChI=1S/C8H13NOS/c1-5-3-7(11-4-5)8(9)6(2)10/h3-4,6,8,10H,9H2,1-2H3/t6-,8+/m1/s1. The van der Waals surface area contributed by atoms with Crippen molar-refractivity contribution < 1.29 is 5.11 Å². The Morgan fingerprint density at radius 3 is 2.64 bits per heavy atom. The summed E-state index contributed by atoms with van der Waals surface area (Å²) in [5, 5.41) is 11.2. The predicted molar refractivity (Wildman–Crippen MR) is 47.7 cm³/mol. The maximum absolute atomic E-state index is 9.17. The van der Waals surface area contributed by atoms with E-state index in [4.69, 9.17) is 10.8 Å². The number of thiophene rings is 1. The van der Waals surface area contributed by atoms with Gasteiger partial charge in [0.1, 0.15) is 0 Å². The van der Waals surface area contributed by atoms with Gasteiger partial charge in [-0.3, -0.25) is 0 Å². The topological polar surface area (TPSA) is 46.2 Å². The number of aliphatic hydroxyl groups is 1. The summed E-state index contributed by atoms with van der Waals surface area (Å²) in [6.07, 6.45) is -0.465. The molecule has 0 amide bonds. The lowest BCUT2D eigenvalue weighted by Gasteiger charge is -2.11. The second-order valence-corrected chi connectivity index (χ2v) is 3.74. The summed E-state index contributed by atoms with van der Waals surface area (Å²) in [4.78, 5) is 1.05. The van der Waals surface area contributed by atoms with Crippen LogP contribution >= 0.6 is 11.3 Å². The van der Waals surface area contributed by atoms with E-state index in [0.717, 1.165) is 4.88 Å². The lowest BCUT2D eigenvalue weighted by Crippen LogP contribution is -2.21. The van der Waals surface area contributed by atoms with Crippen molar-refractivity contribution in [3.05, 3.63) is 21.9 Å². The molecule has 3 N–H and O–H groups in total. The Balaban J connectivity index is 2.76. The van der Waals surface area contributed by atoms with Crippen molar-refractivity contribution in [2.45, 2.75) is 26.0 Å². The van der Waals surface area contributed by atoms with Crippen LogP contribution in [0.25, 0.3) is 0 Å². The number of aliphatic hydroxyl groups excluding tert-OH is 1. The average molecular weight is 171 g/mol. The van der Waals surface area contributed by atoms with Crippen LogP contribution in [0.5, 0.6) is 0 Å². The number of aryl methyl sites for hydroxylation is 1. The molecular formula is C8H13NOS. The highest BCUT2D eigenvalue weighted by Crippen LogP contribution is 2.21. The molecule has 1 heterocycles. The van der Waals surface area contributed by atoms with Crippen LogP contribution in [0.4, 0.5) is 0 Å². The molecule has 11 heavy (non-hydrogen) atoms. The van der Waals surface area contributed by atoms with Gasteiger partial charge >= 0.3 is 0 Å². The second-order valence-electron chi connectivity index (χ2n) is 2.79. The van der Waals surface area contributed by atoms with Gasteiger partial charge in [0.05, 0.1) is 12.1 Å².